The van der Waals surface area contributed by atoms with Crippen molar-refractivity contribution < 1.29 is 18.3 Å². The van der Waals surface area contributed by atoms with Gasteiger partial charge in [0.25, 0.3) is 5.91 Å². The smallest absolute Gasteiger partial charge is 0.264 e. The highest BCUT2D eigenvalue weighted by molar-refractivity contribution is 7.89. The molecule has 0 saturated heterocycles. The summed E-state index contributed by atoms with van der Waals surface area (Å²) >= 11 is 0. The Morgan fingerprint density at radius 2 is 1.61 bits per heavy atom. The first kappa shape index (κ1) is 29.5. The molecule has 3 N–H and O–H groups in total. The first-order valence-corrected chi connectivity index (χ1v) is 13.8. The average Bonchev–Trinajstić information content (AvgIpc) is 2.85. The van der Waals surface area contributed by atoms with Gasteiger partial charge < -0.3 is 10.4 Å². The van der Waals surface area contributed by atoms with Crippen LogP contribution >= 0.6 is 12.4 Å². The number of amides is 1. The van der Waals surface area contributed by atoms with E-state index in [-0.39, 0.29) is 12.4 Å². The van der Waals surface area contributed by atoms with E-state index in [1.807, 2.05) is 42.5 Å². The monoisotopic (exact) mass is 530 g/mol. The lowest BCUT2D eigenvalue weighted by Crippen LogP contribution is -2.30. The van der Waals surface area contributed by atoms with Gasteiger partial charge in [-0.3, -0.25) is 4.79 Å². The Kier molecular flexibility index (Phi) is 11.6. The average molecular weight is 531 g/mol. The van der Waals surface area contributed by atoms with Gasteiger partial charge in [0.2, 0.25) is 10.0 Å². The first-order chi connectivity index (χ1) is 16.8. The molecular formula is C28H35ClN2O4S. The van der Waals surface area contributed by atoms with E-state index in [0.29, 0.717) is 18.5 Å². The molecular weight excluding hydrogens is 496 g/mol. The number of unbranched alkanes of at least 4 members (excludes halogenated alkanes) is 1. The van der Waals surface area contributed by atoms with E-state index in [0.717, 1.165) is 54.3 Å². The van der Waals surface area contributed by atoms with E-state index in [2.05, 4.69) is 41.2 Å². The maximum Gasteiger partial charge on any atom is 0.264 e. The van der Waals surface area contributed by atoms with Gasteiger partial charge in [0.05, 0.1) is 12.4 Å². The number of benzene rings is 3. The fourth-order valence-electron chi connectivity index (χ4n) is 3.92. The second kappa shape index (κ2) is 14.1. The molecule has 0 saturated carbocycles. The lowest BCUT2D eigenvalue weighted by atomic mass is 9.95. The van der Waals surface area contributed by atoms with E-state index in [1.165, 1.54) is 5.56 Å². The van der Waals surface area contributed by atoms with Crippen LogP contribution in [0.3, 0.4) is 0 Å². The number of carbonyl (C=O) groups is 1. The second-order valence-electron chi connectivity index (χ2n) is 8.76. The van der Waals surface area contributed by atoms with Gasteiger partial charge in [-0.1, -0.05) is 80.1 Å². The molecule has 0 aliphatic rings. The quantitative estimate of drug-likeness (QED) is 0.296. The molecule has 36 heavy (non-hydrogen) atoms. The highest BCUT2D eigenvalue weighted by Gasteiger charge is 2.16. The fraction of sp³-hybridized carbons (Fsp3) is 0.321. The Morgan fingerprint density at radius 3 is 2.25 bits per heavy atom. The van der Waals surface area contributed by atoms with Crippen molar-refractivity contribution in [2.24, 2.45) is 0 Å². The Balaban J connectivity index is 0.00000456. The summed E-state index contributed by atoms with van der Waals surface area (Å²) in [6.07, 6.45) is 3.88. The van der Waals surface area contributed by atoms with Crippen LogP contribution in [-0.4, -0.2) is 38.8 Å². The number of sulfonamides is 1. The van der Waals surface area contributed by atoms with Crippen molar-refractivity contribution in [3.8, 4) is 11.1 Å². The minimum absolute atomic E-state index is 0. The van der Waals surface area contributed by atoms with Gasteiger partial charge in [-0.15, -0.1) is 12.4 Å². The summed E-state index contributed by atoms with van der Waals surface area (Å²) in [6, 6.07) is 23.4. The molecule has 0 bridgehead atoms. The van der Waals surface area contributed by atoms with Crippen LogP contribution in [0.2, 0.25) is 0 Å². The lowest BCUT2D eigenvalue weighted by molar-refractivity contribution is 0.0980. The van der Waals surface area contributed by atoms with Crippen LogP contribution in [0.25, 0.3) is 11.1 Å². The predicted octanol–water partition coefficient (Wildman–Crippen LogP) is 4.67. The van der Waals surface area contributed by atoms with Crippen molar-refractivity contribution in [2.45, 2.75) is 38.7 Å². The molecule has 8 heteroatoms. The van der Waals surface area contributed by atoms with Gasteiger partial charge in [-0.25, -0.2) is 13.1 Å². The third-order valence-electron chi connectivity index (χ3n) is 5.83. The molecule has 0 fully saturated rings. The van der Waals surface area contributed by atoms with Crippen LogP contribution in [0.15, 0.2) is 72.8 Å². The molecule has 3 aromatic carbocycles. The predicted molar refractivity (Wildman–Crippen MR) is 148 cm³/mol. The maximum absolute atomic E-state index is 12.5. The second-order valence-corrected chi connectivity index (χ2v) is 10.5. The van der Waals surface area contributed by atoms with Gasteiger partial charge in [0.15, 0.2) is 0 Å². The van der Waals surface area contributed by atoms with Crippen molar-refractivity contribution in [1.82, 2.24) is 10.0 Å². The summed E-state index contributed by atoms with van der Waals surface area (Å²) in [5.41, 5.74) is 5.36. The van der Waals surface area contributed by atoms with Gasteiger partial charge in [-0.2, -0.15) is 0 Å². The Bertz CT molecular complexity index is 1220. The highest BCUT2D eigenvalue weighted by Crippen LogP contribution is 2.25. The van der Waals surface area contributed by atoms with Crippen molar-refractivity contribution in [3.63, 3.8) is 0 Å². The third-order valence-corrected chi connectivity index (χ3v) is 6.38. The van der Waals surface area contributed by atoms with E-state index < -0.39 is 22.0 Å². The minimum Gasteiger partial charge on any atom is -0.387 e. The van der Waals surface area contributed by atoms with Crippen LogP contribution in [0.5, 0.6) is 0 Å². The number of aryl methyl sites for hydroxylation is 1. The van der Waals surface area contributed by atoms with E-state index in [1.54, 1.807) is 6.07 Å². The number of hydrogen-bond acceptors (Lipinski definition) is 5. The number of halogens is 1. The third kappa shape index (κ3) is 9.06. The van der Waals surface area contributed by atoms with Crippen LogP contribution in [-0.2, 0) is 22.9 Å². The maximum atomic E-state index is 12.5. The molecule has 0 aliphatic heterocycles. The topological polar surface area (TPSA) is 95.5 Å². The highest BCUT2D eigenvalue weighted by atomic mass is 35.5. The molecule has 0 aromatic heterocycles. The lowest BCUT2D eigenvalue weighted by Gasteiger charge is -2.13. The molecule has 0 aliphatic carbocycles. The van der Waals surface area contributed by atoms with E-state index >= 15 is 0 Å². The zero-order valence-corrected chi connectivity index (χ0v) is 22.4. The van der Waals surface area contributed by atoms with Crippen molar-refractivity contribution >= 4 is 28.3 Å². The normalized spacial score (nSPS) is 12.0. The number of aliphatic hydroxyl groups is 1. The number of aliphatic hydroxyl groups excluding tert-OH is 1. The van der Waals surface area contributed by atoms with Gasteiger partial charge in [-0.05, 0) is 59.7 Å². The Labute approximate surface area is 220 Å². The molecule has 0 radical (unpaired) electrons. The van der Waals surface area contributed by atoms with Gasteiger partial charge in [0.1, 0.15) is 0 Å². The molecule has 1 atom stereocenters. The van der Waals surface area contributed by atoms with E-state index in [4.69, 9.17) is 0 Å². The van der Waals surface area contributed by atoms with E-state index in [9.17, 15) is 18.3 Å². The standard InChI is InChI=1S/C28H34N2O4S.ClH/c1-3-4-8-25-19-24(15-16-26(25)28(32)30-35(2,33)34)22-13-11-21(12-14-22)17-18-29-20-27(31)23-9-6-5-7-10-23;/h5-7,9-16,19,27,29,31H,3-4,8,17-18,20H2,1-2H3,(H,30,32);1H/t27-;/m0./s1. The van der Waals surface area contributed by atoms with Crippen LogP contribution in [0, 0.1) is 0 Å². The zero-order chi connectivity index (χ0) is 25.3. The largest absolute Gasteiger partial charge is 0.387 e. The van der Waals surface area contributed by atoms with Gasteiger partial charge >= 0.3 is 0 Å². The summed E-state index contributed by atoms with van der Waals surface area (Å²) in [5.74, 6) is -0.592. The van der Waals surface area contributed by atoms with Crippen molar-refractivity contribution in [1.29, 1.82) is 0 Å². The molecule has 3 rings (SSSR count). The van der Waals surface area contributed by atoms with Crippen LogP contribution in [0.4, 0.5) is 0 Å². The SMILES string of the molecule is CCCCc1cc(-c2ccc(CCNC[C@H](O)c3ccccc3)cc2)ccc1C(=O)NS(C)(=O)=O.Cl. The molecule has 0 heterocycles. The number of rotatable bonds is 12. The summed E-state index contributed by atoms with van der Waals surface area (Å²) in [7, 11) is -3.62. The summed E-state index contributed by atoms with van der Waals surface area (Å²) in [5, 5.41) is 13.6. The molecule has 0 unspecified atom stereocenters. The number of nitrogens with one attached hydrogen (secondary N) is 2. The Hall–Kier alpha value is -2.71. The van der Waals surface area contributed by atoms with Crippen molar-refractivity contribution in [3.05, 3.63) is 95.1 Å². The number of hydrogen-bond donors (Lipinski definition) is 3. The molecule has 0 spiro atoms. The molecule has 194 valence electrons. The minimum atomic E-state index is -3.62. The Morgan fingerprint density at radius 1 is 0.944 bits per heavy atom. The molecule has 1 amide bonds. The number of carbonyl (C=O) groups excluding carboxylic acids is 1. The first-order valence-electron chi connectivity index (χ1n) is 11.9. The van der Waals surface area contributed by atoms with Crippen molar-refractivity contribution in [2.75, 3.05) is 19.3 Å². The van der Waals surface area contributed by atoms with Crippen LogP contribution < -0.4 is 10.0 Å². The van der Waals surface area contributed by atoms with Crippen LogP contribution in [0.1, 0.15) is 52.9 Å². The summed E-state index contributed by atoms with van der Waals surface area (Å²) in [6.45, 7) is 3.34. The summed E-state index contributed by atoms with van der Waals surface area (Å²) < 4.78 is 25.1. The fourth-order valence-corrected chi connectivity index (χ4v) is 4.37. The zero-order valence-electron chi connectivity index (χ0n) is 20.7. The molecule has 6 nitrogen and oxygen atoms in total. The molecule has 3 aromatic rings. The van der Waals surface area contributed by atoms with Gasteiger partial charge in [0, 0.05) is 12.1 Å². The summed E-state index contributed by atoms with van der Waals surface area (Å²) in [4.78, 5) is 12.5.